The summed E-state index contributed by atoms with van der Waals surface area (Å²) in [7, 11) is 0. The highest BCUT2D eigenvalue weighted by Crippen LogP contribution is 2.34. The lowest BCUT2D eigenvalue weighted by atomic mass is 10.1. The van der Waals surface area contributed by atoms with E-state index >= 15 is 0 Å². The van der Waals surface area contributed by atoms with Gasteiger partial charge < -0.3 is 14.5 Å². The van der Waals surface area contributed by atoms with Crippen molar-refractivity contribution in [1.82, 2.24) is 5.32 Å². The van der Waals surface area contributed by atoms with Crippen LogP contribution in [0, 0.1) is 0 Å². The first-order chi connectivity index (χ1) is 13.4. The number of urea groups is 1. The van der Waals surface area contributed by atoms with E-state index in [4.69, 9.17) is 4.42 Å². The molecule has 1 aromatic carbocycles. The molecule has 0 aliphatic carbocycles. The quantitative estimate of drug-likeness (QED) is 0.570. The molecular weight excluding hydrogens is 412 g/mol. The van der Waals surface area contributed by atoms with Crippen molar-refractivity contribution in [2.75, 3.05) is 4.90 Å². The molecule has 0 radical (unpaired) electrons. The molecule has 0 bridgehead atoms. The van der Waals surface area contributed by atoms with Gasteiger partial charge in [0, 0.05) is 0 Å². The summed E-state index contributed by atoms with van der Waals surface area (Å²) in [6, 6.07) is 4.70. The van der Waals surface area contributed by atoms with E-state index in [9.17, 15) is 35.9 Å². The number of amides is 3. The Balaban J connectivity index is 1.87. The smallest absolute Gasteiger partial charge is 0.463 e. The minimum atomic E-state index is -5.18. The number of quaternary nitrogens is 1. The zero-order valence-electron chi connectivity index (χ0n) is 14.2. The number of nitrogens with one attached hydrogen (secondary N) is 1. The van der Waals surface area contributed by atoms with Gasteiger partial charge in [0.15, 0.2) is 5.76 Å². The lowest BCUT2D eigenvalue weighted by Crippen LogP contribution is -3.04. The van der Waals surface area contributed by atoms with E-state index in [1.54, 1.807) is 5.32 Å². The van der Waals surface area contributed by atoms with E-state index in [2.05, 4.69) is 4.74 Å². The summed E-state index contributed by atoms with van der Waals surface area (Å²) < 4.78 is 86.4. The third-order valence-electron chi connectivity index (χ3n) is 4.01. The number of hydrogen-bond donors (Lipinski definition) is 2. The summed E-state index contributed by atoms with van der Waals surface area (Å²) in [6.07, 6.45) is -8.93. The van der Waals surface area contributed by atoms with E-state index < -0.39 is 42.4 Å². The topological polar surface area (TPSA) is 88.4 Å². The van der Waals surface area contributed by atoms with Crippen LogP contribution in [0.1, 0.15) is 5.76 Å². The van der Waals surface area contributed by atoms with Crippen molar-refractivity contribution in [3.05, 3.63) is 48.4 Å². The van der Waals surface area contributed by atoms with Crippen LogP contribution in [-0.2, 0) is 11.3 Å². The van der Waals surface area contributed by atoms with E-state index in [0.29, 0.717) is 5.32 Å². The van der Waals surface area contributed by atoms with Crippen LogP contribution in [0.5, 0.6) is 5.75 Å². The fourth-order valence-electron chi connectivity index (χ4n) is 2.71. The van der Waals surface area contributed by atoms with Crippen molar-refractivity contribution >= 4 is 17.6 Å². The number of ether oxygens (including phenoxy) is 1. The standard InChI is InChI=1S/C16H11F6N3O4/c17-15(18,19)14(23-8-11-2-1-7-28-11)12(26)25(13(27)24-14)9-3-5-10(6-4-9)29-16(20,21)22/h1-7,23H,8H2,(H,24,27)/p+1/t14-/m1/s1. The number of alkyl halides is 6. The summed E-state index contributed by atoms with van der Waals surface area (Å²) in [5.74, 6) is -2.19. The van der Waals surface area contributed by atoms with E-state index in [1.807, 2.05) is 0 Å². The van der Waals surface area contributed by atoms with Crippen LogP contribution in [-0.4, -0.2) is 30.1 Å². The van der Waals surface area contributed by atoms with Crippen LogP contribution in [0.2, 0.25) is 0 Å². The van der Waals surface area contributed by atoms with Crippen LogP contribution in [0.15, 0.2) is 47.1 Å². The van der Waals surface area contributed by atoms with Crippen molar-refractivity contribution in [1.29, 1.82) is 0 Å². The fraction of sp³-hybridized carbons (Fsp3) is 0.250. The summed E-state index contributed by atoms with van der Waals surface area (Å²) in [5.41, 5.74) is -3.68. The number of rotatable bonds is 5. The fourth-order valence-corrected chi connectivity index (χ4v) is 2.71. The molecule has 13 heteroatoms. The summed E-state index contributed by atoms with van der Waals surface area (Å²) in [4.78, 5) is 25.0. The Kier molecular flexibility index (Phi) is 4.94. The maximum Gasteiger partial charge on any atom is 0.573 e. The number of nitrogens with two attached hydrogens (primary N) is 1. The first-order valence-corrected chi connectivity index (χ1v) is 7.89. The average molecular weight is 424 g/mol. The van der Waals surface area contributed by atoms with Gasteiger partial charge in [0.2, 0.25) is 0 Å². The Morgan fingerprint density at radius 3 is 2.24 bits per heavy atom. The van der Waals surface area contributed by atoms with Gasteiger partial charge in [-0.25, -0.2) is 9.69 Å². The highest BCUT2D eigenvalue weighted by Gasteiger charge is 2.72. The molecule has 3 rings (SSSR count). The van der Waals surface area contributed by atoms with Crippen molar-refractivity contribution in [2.45, 2.75) is 24.7 Å². The molecule has 1 atom stereocenters. The van der Waals surface area contributed by atoms with Gasteiger partial charge in [0.05, 0.1) is 12.0 Å². The van der Waals surface area contributed by atoms with Crippen molar-refractivity contribution in [3.8, 4) is 5.75 Å². The number of hydrogen-bond acceptors (Lipinski definition) is 4. The molecule has 1 aliphatic rings. The monoisotopic (exact) mass is 424 g/mol. The van der Waals surface area contributed by atoms with Crippen LogP contribution < -0.4 is 20.3 Å². The number of anilines is 1. The molecule has 0 unspecified atom stereocenters. The highest BCUT2D eigenvalue weighted by molar-refractivity contribution is 6.22. The maximum absolute atomic E-state index is 13.7. The Labute approximate surface area is 158 Å². The number of carbonyl (C=O) groups excluding carboxylic acids is 2. The lowest BCUT2D eigenvalue weighted by molar-refractivity contribution is -0.755. The zero-order valence-corrected chi connectivity index (χ0v) is 14.2. The molecular formula is C16H12F6N3O4+. The zero-order chi connectivity index (χ0) is 21.4. The molecule has 29 heavy (non-hydrogen) atoms. The Morgan fingerprint density at radius 2 is 1.72 bits per heavy atom. The Morgan fingerprint density at radius 1 is 1.07 bits per heavy atom. The van der Waals surface area contributed by atoms with Gasteiger partial charge in [-0.3, -0.25) is 10.1 Å². The molecule has 3 amide bonds. The van der Waals surface area contributed by atoms with Crippen molar-refractivity contribution in [3.63, 3.8) is 0 Å². The largest absolute Gasteiger partial charge is 0.573 e. The molecule has 0 saturated carbocycles. The predicted octanol–water partition coefficient (Wildman–Crippen LogP) is 2.26. The highest BCUT2D eigenvalue weighted by atomic mass is 19.4. The second-order valence-corrected chi connectivity index (χ2v) is 5.91. The Hall–Kier alpha value is -3.22. The number of nitrogens with zero attached hydrogens (tertiary/aromatic N) is 1. The molecule has 1 aromatic heterocycles. The molecule has 2 heterocycles. The third kappa shape index (κ3) is 3.99. The molecule has 1 fully saturated rings. The number of halogens is 6. The van der Waals surface area contributed by atoms with Gasteiger partial charge in [0.1, 0.15) is 12.3 Å². The summed E-state index contributed by atoms with van der Waals surface area (Å²) in [5, 5.41) is 2.19. The van der Waals surface area contributed by atoms with Gasteiger partial charge in [-0.2, -0.15) is 13.2 Å². The van der Waals surface area contributed by atoms with Crippen LogP contribution in [0.4, 0.5) is 36.8 Å². The summed E-state index contributed by atoms with van der Waals surface area (Å²) >= 11 is 0. The van der Waals surface area contributed by atoms with Gasteiger partial charge in [-0.15, -0.1) is 13.2 Å². The van der Waals surface area contributed by atoms with Crippen LogP contribution in [0.3, 0.4) is 0 Å². The first kappa shape index (κ1) is 20.5. The van der Waals surface area contributed by atoms with Gasteiger partial charge in [0.25, 0.3) is 0 Å². The second-order valence-electron chi connectivity index (χ2n) is 5.91. The van der Waals surface area contributed by atoms with Crippen molar-refractivity contribution in [2.24, 2.45) is 0 Å². The van der Waals surface area contributed by atoms with Crippen LogP contribution >= 0.6 is 0 Å². The molecule has 1 aliphatic heterocycles. The predicted molar refractivity (Wildman–Crippen MR) is 82.3 cm³/mol. The molecule has 1 saturated heterocycles. The molecule has 3 N–H and O–H groups in total. The van der Waals surface area contributed by atoms with E-state index in [1.165, 1.54) is 18.4 Å². The number of benzene rings is 1. The molecule has 2 aromatic rings. The van der Waals surface area contributed by atoms with E-state index in [0.717, 1.165) is 24.3 Å². The van der Waals surface area contributed by atoms with Crippen molar-refractivity contribution < 1.29 is 50.4 Å². The second kappa shape index (κ2) is 6.99. The van der Waals surface area contributed by atoms with Gasteiger partial charge >= 0.3 is 30.1 Å². The molecule has 156 valence electrons. The summed E-state index contributed by atoms with van der Waals surface area (Å²) in [6.45, 7) is -0.412. The first-order valence-electron chi connectivity index (χ1n) is 7.89. The number of imide groups is 1. The van der Waals surface area contributed by atoms with E-state index in [-0.39, 0.29) is 16.3 Å². The number of carbonyl (C=O) groups is 2. The Bertz CT molecular complexity index is 895. The minimum absolute atomic E-state index is 0.128. The average Bonchev–Trinajstić information content (AvgIpc) is 3.19. The third-order valence-corrected chi connectivity index (χ3v) is 4.01. The lowest BCUT2D eigenvalue weighted by Gasteiger charge is -2.26. The molecule has 7 nitrogen and oxygen atoms in total. The SMILES string of the molecule is O=C1N[C@@]([NH2+]Cc2ccco2)(C(F)(F)F)C(=O)N1c1ccc(OC(F)(F)F)cc1. The van der Waals surface area contributed by atoms with Crippen LogP contribution in [0.25, 0.3) is 0 Å². The maximum atomic E-state index is 13.7. The molecule has 0 spiro atoms. The normalized spacial score (nSPS) is 20.1. The minimum Gasteiger partial charge on any atom is -0.463 e. The number of furan rings is 1. The van der Waals surface area contributed by atoms with Gasteiger partial charge in [-0.05, 0) is 36.4 Å². The van der Waals surface area contributed by atoms with Gasteiger partial charge in [-0.1, -0.05) is 0 Å².